The van der Waals surface area contributed by atoms with Gasteiger partial charge in [-0.25, -0.2) is 9.97 Å². The van der Waals surface area contributed by atoms with Crippen molar-refractivity contribution in [2.24, 2.45) is 0 Å². The van der Waals surface area contributed by atoms with Crippen LogP contribution in [0.2, 0.25) is 0 Å². The van der Waals surface area contributed by atoms with E-state index in [0.29, 0.717) is 11.5 Å². The lowest BCUT2D eigenvalue weighted by atomic mass is 9.82. The fourth-order valence-corrected chi connectivity index (χ4v) is 4.20. The molecular formula is C22H24F3N7O. The number of nitrogens with one attached hydrogen (secondary N) is 3. The summed E-state index contributed by atoms with van der Waals surface area (Å²) in [6.45, 7) is 3.18. The van der Waals surface area contributed by atoms with Crippen LogP contribution in [-0.2, 0) is 11.0 Å². The van der Waals surface area contributed by atoms with Gasteiger partial charge in [0.2, 0.25) is 11.9 Å². The summed E-state index contributed by atoms with van der Waals surface area (Å²) < 4.78 is 41.1. The van der Waals surface area contributed by atoms with Crippen LogP contribution in [0.15, 0.2) is 30.3 Å². The summed E-state index contributed by atoms with van der Waals surface area (Å²) in [6, 6.07) is 6.76. The molecular weight excluding hydrogens is 435 g/mol. The molecule has 3 aromatic rings. The lowest BCUT2D eigenvalue weighted by Gasteiger charge is -2.32. The van der Waals surface area contributed by atoms with Crippen LogP contribution >= 0.6 is 0 Å². The maximum absolute atomic E-state index is 13.7. The van der Waals surface area contributed by atoms with Gasteiger partial charge in [0.15, 0.2) is 5.82 Å². The molecule has 1 saturated carbocycles. The number of carbonyl (C=O) groups excluding carboxylic acids is 1. The summed E-state index contributed by atoms with van der Waals surface area (Å²) in [4.78, 5) is 24.8. The van der Waals surface area contributed by atoms with Crippen molar-refractivity contribution in [3.63, 3.8) is 0 Å². The monoisotopic (exact) mass is 459 g/mol. The molecule has 11 heteroatoms. The second-order valence-corrected chi connectivity index (χ2v) is 8.11. The molecule has 3 N–H and O–H groups in total. The van der Waals surface area contributed by atoms with Crippen LogP contribution in [0, 0.1) is 6.92 Å². The fourth-order valence-electron chi connectivity index (χ4n) is 4.20. The smallest absolute Gasteiger partial charge is 0.353 e. The Morgan fingerprint density at radius 1 is 1.12 bits per heavy atom. The van der Waals surface area contributed by atoms with Crippen molar-refractivity contribution in [2.75, 3.05) is 5.32 Å². The minimum Gasteiger partial charge on any atom is -0.353 e. The lowest BCUT2D eigenvalue weighted by molar-refractivity contribution is -0.137. The average molecular weight is 459 g/mol. The zero-order valence-corrected chi connectivity index (χ0v) is 18.2. The van der Waals surface area contributed by atoms with Gasteiger partial charge in [-0.2, -0.15) is 18.2 Å². The van der Waals surface area contributed by atoms with Crippen LogP contribution in [0.5, 0.6) is 0 Å². The van der Waals surface area contributed by atoms with E-state index in [9.17, 15) is 18.0 Å². The standard InChI is InChI=1S/C22H24F3N7O/c1-12-26-21(32-31-12)30-19-11-18(15-8-4-6-10-17(15)27-13(2)33)28-20(29-19)14-7-3-5-9-16(14)22(23,24)25/h3,5,7,9,11,15,17H,4,6,8,10H2,1-2H3,(H,27,33)(H2,26,28,29,30,31,32). The summed E-state index contributed by atoms with van der Waals surface area (Å²) >= 11 is 0. The first kappa shape index (κ1) is 22.7. The molecule has 174 valence electrons. The molecule has 33 heavy (non-hydrogen) atoms. The number of carbonyl (C=O) groups is 1. The van der Waals surface area contributed by atoms with Gasteiger partial charge in [0.25, 0.3) is 0 Å². The largest absolute Gasteiger partial charge is 0.417 e. The van der Waals surface area contributed by atoms with E-state index in [4.69, 9.17) is 0 Å². The number of aryl methyl sites for hydroxylation is 1. The molecule has 0 bridgehead atoms. The predicted molar refractivity (Wildman–Crippen MR) is 116 cm³/mol. The molecule has 1 amide bonds. The topological polar surface area (TPSA) is 108 Å². The quantitative estimate of drug-likeness (QED) is 0.519. The molecule has 2 atom stereocenters. The fraction of sp³-hybridized carbons (Fsp3) is 0.409. The van der Waals surface area contributed by atoms with E-state index in [1.807, 2.05) is 0 Å². The maximum Gasteiger partial charge on any atom is 0.417 e. The minimum atomic E-state index is -4.56. The van der Waals surface area contributed by atoms with Crippen molar-refractivity contribution >= 4 is 17.7 Å². The lowest BCUT2D eigenvalue weighted by Crippen LogP contribution is -2.40. The zero-order valence-electron chi connectivity index (χ0n) is 18.2. The first-order valence-corrected chi connectivity index (χ1v) is 10.7. The highest BCUT2D eigenvalue weighted by molar-refractivity contribution is 5.73. The molecule has 4 rings (SSSR count). The first-order valence-electron chi connectivity index (χ1n) is 10.7. The van der Waals surface area contributed by atoms with Gasteiger partial charge < -0.3 is 10.6 Å². The van der Waals surface area contributed by atoms with E-state index < -0.39 is 11.7 Å². The normalized spacial score (nSPS) is 18.7. The molecule has 1 aromatic carbocycles. The maximum atomic E-state index is 13.7. The van der Waals surface area contributed by atoms with Gasteiger partial charge in [-0.05, 0) is 25.8 Å². The van der Waals surface area contributed by atoms with Crippen molar-refractivity contribution < 1.29 is 18.0 Å². The molecule has 1 fully saturated rings. The molecule has 2 heterocycles. The first-order chi connectivity index (χ1) is 15.7. The molecule has 0 radical (unpaired) electrons. The van der Waals surface area contributed by atoms with Crippen molar-refractivity contribution in [1.29, 1.82) is 0 Å². The van der Waals surface area contributed by atoms with Crippen molar-refractivity contribution in [2.45, 2.75) is 57.7 Å². The Morgan fingerprint density at radius 2 is 1.88 bits per heavy atom. The van der Waals surface area contributed by atoms with E-state index in [-0.39, 0.29) is 41.0 Å². The SMILES string of the molecule is CC(=O)NC1CCCCC1c1cc(Nc2n[nH]c(C)n2)nc(-c2ccccc2C(F)(F)F)n1. The number of hydrogen-bond acceptors (Lipinski definition) is 6. The van der Waals surface area contributed by atoms with Gasteiger partial charge in [-0.1, -0.05) is 31.0 Å². The number of rotatable bonds is 5. The van der Waals surface area contributed by atoms with Crippen LogP contribution in [0.25, 0.3) is 11.4 Å². The summed E-state index contributed by atoms with van der Waals surface area (Å²) in [7, 11) is 0. The Morgan fingerprint density at radius 3 is 2.58 bits per heavy atom. The number of halogens is 3. The number of alkyl halides is 3. The number of hydrogen-bond donors (Lipinski definition) is 3. The molecule has 2 aromatic heterocycles. The van der Waals surface area contributed by atoms with Crippen LogP contribution in [0.4, 0.5) is 24.9 Å². The van der Waals surface area contributed by atoms with Crippen LogP contribution < -0.4 is 10.6 Å². The highest BCUT2D eigenvalue weighted by Crippen LogP contribution is 2.38. The Hall–Kier alpha value is -3.50. The highest BCUT2D eigenvalue weighted by Gasteiger charge is 2.35. The Bertz CT molecular complexity index is 1150. The summed E-state index contributed by atoms with van der Waals surface area (Å²) in [5.41, 5.74) is -0.373. The van der Waals surface area contributed by atoms with Gasteiger partial charge in [0.1, 0.15) is 11.6 Å². The molecule has 1 aliphatic rings. The Balaban J connectivity index is 1.82. The molecule has 8 nitrogen and oxygen atoms in total. The van der Waals surface area contributed by atoms with Gasteiger partial charge in [-0.15, -0.1) is 5.10 Å². The van der Waals surface area contributed by atoms with Gasteiger partial charge in [0, 0.05) is 30.5 Å². The van der Waals surface area contributed by atoms with Crippen LogP contribution in [0.3, 0.4) is 0 Å². The minimum absolute atomic E-state index is 0.0534. The number of nitrogens with zero attached hydrogens (tertiary/aromatic N) is 4. The molecule has 2 unspecified atom stereocenters. The second-order valence-electron chi connectivity index (χ2n) is 8.11. The third-order valence-corrected chi connectivity index (χ3v) is 5.59. The number of H-pyrrole nitrogens is 1. The van der Waals surface area contributed by atoms with E-state index in [0.717, 1.165) is 31.7 Å². The van der Waals surface area contributed by atoms with E-state index in [1.54, 1.807) is 13.0 Å². The van der Waals surface area contributed by atoms with Crippen molar-refractivity contribution in [3.8, 4) is 11.4 Å². The van der Waals surface area contributed by atoms with Crippen LogP contribution in [0.1, 0.15) is 55.6 Å². The third-order valence-electron chi connectivity index (χ3n) is 5.59. The predicted octanol–water partition coefficient (Wildman–Crippen LogP) is 4.49. The number of aromatic amines is 1. The van der Waals surface area contributed by atoms with Gasteiger partial charge in [-0.3, -0.25) is 9.89 Å². The highest BCUT2D eigenvalue weighted by atomic mass is 19.4. The van der Waals surface area contributed by atoms with Gasteiger partial charge in [0.05, 0.1) is 11.3 Å². The van der Waals surface area contributed by atoms with E-state index >= 15 is 0 Å². The number of anilines is 2. The molecule has 0 spiro atoms. The van der Waals surface area contributed by atoms with Crippen LogP contribution in [-0.4, -0.2) is 37.1 Å². The van der Waals surface area contributed by atoms with E-state index in [2.05, 4.69) is 35.8 Å². The summed E-state index contributed by atoms with van der Waals surface area (Å²) in [6.07, 6.45) is -1.15. The number of benzene rings is 1. The summed E-state index contributed by atoms with van der Waals surface area (Å²) in [5, 5.41) is 12.7. The van der Waals surface area contributed by atoms with Gasteiger partial charge >= 0.3 is 6.18 Å². The van der Waals surface area contributed by atoms with Crippen molar-refractivity contribution in [3.05, 3.63) is 47.4 Å². The Kier molecular flexibility index (Phi) is 6.30. The molecule has 1 aliphatic carbocycles. The van der Waals surface area contributed by atoms with E-state index in [1.165, 1.54) is 25.1 Å². The number of aromatic nitrogens is 5. The average Bonchev–Trinajstić information content (AvgIpc) is 3.17. The third kappa shape index (κ3) is 5.29. The zero-order chi connectivity index (χ0) is 23.6. The second kappa shape index (κ2) is 9.16. The molecule has 0 saturated heterocycles. The summed E-state index contributed by atoms with van der Waals surface area (Å²) in [5.74, 6) is 0.733. The van der Waals surface area contributed by atoms with Crippen molar-refractivity contribution in [1.82, 2.24) is 30.5 Å². The number of amides is 1. The Labute approximate surface area is 188 Å². The molecule has 0 aliphatic heterocycles.